The van der Waals surface area contributed by atoms with Gasteiger partial charge in [-0.3, -0.25) is 4.79 Å². The first-order chi connectivity index (χ1) is 10.5. The van der Waals surface area contributed by atoms with Crippen LogP contribution in [0.5, 0.6) is 0 Å². The Hall–Kier alpha value is -1.35. The Balaban J connectivity index is 2.79. The van der Waals surface area contributed by atoms with Crippen molar-refractivity contribution in [1.82, 2.24) is 9.62 Å². The fraction of sp³-hybridized carbons (Fsp3) is 0.385. The number of nitrogens with zero attached hydrogens (tertiary/aromatic N) is 1. The average molecular weight is 383 g/mol. The lowest BCUT2D eigenvalue weighted by Crippen LogP contribution is -2.46. The molecule has 23 heavy (non-hydrogen) atoms. The molecule has 2 N–H and O–H groups in total. The number of sulfonamides is 1. The summed E-state index contributed by atoms with van der Waals surface area (Å²) in [5.41, 5.74) is 0.534. The molecule has 0 heterocycles. The third-order valence-electron chi connectivity index (χ3n) is 2.93. The molecule has 0 saturated heterocycles. The molecule has 0 aliphatic rings. The van der Waals surface area contributed by atoms with E-state index in [0.29, 0.717) is 15.6 Å². The lowest BCUT2D eigenvalue weighted by Gasteiger charge is -2.18. The first kappa shape index (κ1) is 19.7. The molecule has 1 aromatic rings. The molecule has 0 aliphatic heterocycles. The zero-order valence-electron chi connectivity index (χ0n) is 12.4. The second-order valence-corrected chi connectivity index (χ2v) is 7.92. The summed E-state index contributed by atoms with van der Waals surface area (Å²) in [6.07, 6.45) is 0.910. The molecule has 1 atom stereocenters. The summed E-state index contributed by atoms with van der Waals surface area (Å²) in [4.78, 5) is 23.1. The van der Waals surface area contributed by atoms with Crippen LogP contribution in [0.1, 0.15) is 5.56 Å². The predicted octanol–water partition coefficient (Wildman–Crippen LogP) is 0.997. The van der Waals surface area contributed by atoms with Gasteiger partial charge in [-0.05, 0) is 23.8 Å². The van der Waals surface area contributed by atoms with Crippen LogP contribution in [-0.4, -0.2) is 55.6 Å². The number of hydrogen-bond donors (Lipinski definition) is 2. The monoisotopic (exact) mass is 382 g/mol. The summed E-state index contributed by atoms with van der Waals surface area (Å²) in [5.74, 6) is -1.98. The fourth-order valence-corrected chi connectivity index (χ4v) is 2.65. The summed E-state index contributed by atoms with van der Waals surface area (Å²) in [5, 5.41) is 12.2. The molecular formula is C13H16Cl2N2O5S. The molecule has 0 aliphatic carbocycles. The zero-order valence-corrected chi connectivity index (χ0v) is 14.7. The van der Waals surface area contributed by atoms with Gasteiger partial charge in [0.2, 0.25) is 15.9 Å². The maximum absolute atomic E-state index is 11.8. The van der Waals surface area contributed by atoms with E-state index in [1.807, 2.05) is 0 Å². The summed E-state index contributed by atoms with van der Waals surface area (Å²) >= 11 is 11.7. The van der Waals surface area contributed by atoms with Crippen molar-refractivity contribution in [3.8, 4) is 0 Å². The standard InChI is InChI=1S/C13H16Cl2N2O5S/c1-17(23(2,21)22)7-12(18)16-11(13(19)20)5-8-3-9(14)6-10(15)4-8/h3-4,6,11H,5,7H2,1-2H3,(H,16,18)(H,19,20). The van der Waals surface area contributed by atoms with Crippen molar-refractivity contribution >= 4 is 45.1 Å². The molecule has 1 aromatic carbocycles. The maximum Gasteiger partial charge on any atom is 0.326 e. The van der Waals surface area contributed by atoms with Crippen molar-refractivity contribution in [3.63, 3.8) is 0 Å². The normalized spacial score (nSPS) is 12.9. The highest BCUT2D eigenvalue weighted by atomic mass is 35.5. The van der Waals surface area contributed by atoms with Crippen molar-refractivity contribution in [2.75, 3.05) is 19.8 Å². The van der Waals surface area contributed by atoms with Gasteiger partial charge in [0.1, 0.15) is 6.04 Å². The van der Waals surface area contributed by atoms with Crippen LogP contribution < -0.4 is 5.32 Å². The van der Waals surface area contributed by atoms with E-state index in [2.05, 4.69) is 5.32 Å². The van der Waals surface area contributed by atoms with Gasteiger partial charge in [0.05, 0.1) is 12.8 Å². The van der Waals surface area contributed by atoms with Crippen LogP contribution >= 0.6 is 23.2 Å². The van der Waals surface area contributed by atoms with E-state index >= 15 is 0 Å². The Morgan fingerprint density at radius 3 is 2.22 bits per heavy atom. The summed E-state index contributed by atoms with van der Waals surface area (Å²) in [6.45, 7) is -0.473. The quantitative estimate of drug-likeness (QED) is 0.731. The van der Waals surface area contributed by atoms with Gasteiger partial charge in [-0.1, -0.05) is 23.2 Å². The molecular weight excluding hydrogens is 367 g/mol. The molecule has 0 fully saturated rings. The SMILES string of the molecule is CN(CC(=O)NC(Cc1cc(Cl)cc(Cl)c1)C(=O)O)S(C)(=O)=O. The highest BCUT2D eigenvalue weighted by molar-refractivity contribution is 7.88. The molecule has 10 heteroatoms. The van der Waals surface area contributed by atoms with Gasteiger partial charge < -0.3 is 10.4 Å². The van der Waals surface area contributed by atoms with E-state index in [4.69, 9.17) is 23.2 Å². The van der Waals surface area contributed by atoms with E-state index in [9.17, 15) is 23.1 Å². The van der Waals surface area contributed by atoms with Crippen molar-refractivity contribution in [3.05, 3.63) is 33.8 Å². The number of halogens is 2. The van der Waals surface area contributed by atoms with Gasteiger partial charge in [-0.2, -0.15) is 4.31 Å². The third-order valence-corrected chi connectivity index (χ3v) is 4.63. The van der Waals surface area contributed by atoms with Crippen molar-refractivity contribution < 1.29 is 23.1 Å². The van der Waals surface area contributed by atoms with Gasteiger partial charge in [-0.15, -0.1) is 0 Å². The van der Waals surface area contributed by atoms with Crippen LogP contribution in [0.3, 0.4) is 0 Å². The highest BCUT2D eigenvalue weighted by Gasteiger charge is 2.23. The Morgan fingerprint density at radius 1 is 1.26 bits per heavy atom. The Labute approximate surface area is 144 Å². The maximum atomic E-state index is 11.8. The smallest absolute Gasteiger partial charge is 0.326 e. The molecule has 1 amide bonds. The summed E-state index contributed by atoms with van der Waals surface area (Å²) in [6, 6.07) is 3.35. The van der Waals surface area contributed by atoms with Crippen LogP contribution in [-0.2, 0) is 26.0 Å². The summed E-state index contributed by atoms with van der Waals surface area (Å²) in [7, 11) is -2.31. The minimum atomic E-state index is -3.53. The minimum Gasteiger partial charge on any atom is -0.480 e. The first-order valence-electron chi connectivity index (χ1n) is 6.37. The van der Waals surface area contributed by atoms with E-state index in [1.165, 1.54) is 25.2 Å². The molecule has 128 valence electrons. The number of aliphatic carboxylic acids is 1. The van der Waals surface area contributed by atoms with Gasteiger partial charge in [0.25, 0.3) is 0 Å². The minimum absolute atomic E-state index is 0.0378. The number of carbonyl (C=O) groups is 2. The largest absolute Gasteiger partial charge is 0.480 e. The Bertz CT molecular complexity index is 688. The Kier molecular flexibility index (Phi) is 6.82. The van der Waals surface area contributed by atoms with Gasteiger partial charge >= 0.3 is 5.97 Å². The molecule has 1 unspecified atom stereocenters. The molecule has 7 nitrogen and oxygen atoms in total. The van der Waals surface area contributed by atoms with E-state index in [0.717, 1.165) is 10.6 Å². The summed E-state index contributed by atoms with van der Waals surface area (Å²) < 4.78 is 23.3. The van der Waals surface area contributed by atoms with Crippen LogP contribution in [0.2, 0.25) is 10.0 Å². The number of carboxylic acid groups (broad SMARTS) is 1. The molecule has 0 saturated carbocycles. The topological polar surface area (TPSA) is 104 Å². The highest BCUT2D eigenvalue weighted by Crippen LogP contribution is 2.20. The molecule has 0 aromatic heterocycles. The average Bonchev–Trinajstić information content (AvgIpc) is 2.35. The molecule has 0 radical (unpaired) electrons. The Morgan fingerprint density at radius 2 is 1.78 bits per heavy atom. The zero-order chi connectivity index (χ0) is 17.8. The van der Waals surface area contributed by atoms with Crippen molar-refractivity contribution in [2.24, 2.45) is 0 Å². The molecule has 0 spiro atoms. The molecule has 0 bridgehead atoms. The second kappa shape index (κ2) is 7.96. The second-order valence-electron chi connectivity index (χ2n) is 4.96. The van der Waals surface area contributed by atoms with Gasteiger partial charge in [0, 0.05) is 23.5 Å². The predicted molar refractivity (Wildman–Crippen MR) is 87.2 cm³/mol. The van der Waals surface area contributed by atoms with Crippen LogP contribution in [0.15, 0.2) is 18.2 Å². The fourth-order valence-electron chi connectivity index (χ4n) is 1.72. The van der Waals surface area contributed by atoms with Crippen LogP contribution in [0.4, 0.5) is 0 Å². The molecule has 1 rings (SSSR count). The van der Waals surface area contributed by atoms with Crippen LogP contribution in [0, 0.1) is 0 Å². The number of benzene rings is 1. The lowest BCUT2D eigenvalue weighted by atomic mass is 10.1. The third kappa shape index (κ3) is 6.74. The number of nitrogens with one attached hydrogen (secondary N) is 1. The number of carbonyl (C=O) groups excluding carboxylic acids is 1. The van der Waals surface area contributed by atoms with E-state index in [1.54, 1.807) is 0 Å². The van der Waals surface area contributed by atoms with Crippen molar-refractivity contribution in [2.45, 2.75) is 12.5 Å². The van der Waals surface area contributed by atoms with Gasteiger partial charge in [-0.25, -0.2) is 13.2 Å². The number of carboxylic acids is 1. The number of likely N-dealkylation sites (N-methyl/N-ethyl adjacent to an activating group) is 1. The van der Waals surface area contributed by atoms with E-state index < -0.39 is 34.5 Å². The first-order valence-corrected chi connectivity index (χ1v) is 8.98. The number of rotatable bonds is 7. The lowest BCUT2D eigenvalue weighted by molar-refractivity contribution is -0.141. The van der Waals surface area contributed by atoms with Crippen LogP contribution in [0.25, 0.3) is 0 Å². The number of hydrogen-bond acceptors (Lipinski definition) is 4. The van der Waals surface area contributed by atoms with Crippen molar-refractivity contribution in [1.29, 1.82) is 0 Å². The number of amides is 1. The van der Waals surface area contributed by atoms with E-state index in [-0.39, 0.29) is 6.42 Å². The van der Waals surface area contributed by atoms with Gasteiger partial charge in [0.15, 0.2) is 0 Å².